The summed E-state index contributed by atoms with van der Waals surface area (Å²) in [6.45, 7) is 5.15. The number of rotatable bonds is 2. The highest BCUT2D eigenvalue weighted by atomic mass is 16.5. The van der Waals surface area contributed by atoms with E-state index in [0.29, 0.717) is 37.9 Å². The van der Waals surface area contributed by atoms with Crippen molar-refractivity contribution < 1.29 is 9.53 Å². The Bertz CT molecular complexity index is 771. The second-order valence-corrected chi connectivity index (χ2v) is 6.13. The molecule has 1 saturated heterocycles. The number of ether oxygens (including phenoxy) is 1. The Morgan fingerprint density at radius 3 is 2.75 bits per heavy atom. The molecule has 0 radical (unpaired) electrons. The van der Waals surface area contributed by atoms with E-state index in [0.717, 1.165) is 24.3 Å². The van der Waals surface area contributed by atoms with Crippen LogP contribution in [0, 0.1) is 6.92 Å². The Balaban J connectivity index is 1.66. The molecule has 6 nitrogen and oxygen atoms in total. The molecular weight excluding hydrogens is 304 g/mol. The van der Waals surface area contributed by atoms with Crippen LogP contribution in [0.2, 0.25) is 0 Å². The first-order chi connectivity index (χ1) is 11.7. The highest BCUT2D eigenvalue weighted by Gasteiger charge is 2.25. The van der Waals surface area contributed by atoms with Gasteiger partial charge in [0.05, 0.1) is 13.2 Å². The van der Waals surface area contributed by atoms with Crippen molar-refractivity contribution in [2.45, 2.75) is 13.3 Å². The van der Waals surface area contributed by atoms with E-state index < -0.39 is 0 Å². The fraction of sp³-hybridized carbons (Fsp3) is 0.389. The standard InChI is InChI=1S/C18H20N4O2/c1-13-12-15(17(23)21-8-10-24-11-9-21)20-18(19-13)22-7-6-14-4-2-3-5-16(14)22/h2-5,12H,6-11H2,1H3. The minimum atomic E-state index is -0.0440. The number of benzene rings is 1. The second kappa shape index (κ2) is 6.20. The van der Waals surface area contributed by atoms with E-state index in [2.05, 4.69) is 27.0 Å². The van der Waals surface area contributed by atoms with Crippen LogP contribution >= 0.6 is 0 Å². The summed E-state index contributed by atoms with van der Waals surface area (Å²) in [6.07, 6.45) is 0.972. The summed E-state index contributed by atoms with van der Waals surface area (Å²) in [5.41, 5.74) is 3.70. The zero-order valence-corrected chi connectivity index (χ0v) is 13.7. The summed E-state index contributed by atoms with van der Waals surface area (Å²) in [6, 6.07) is 10.0. The summed E-state index contributed by atoms with van der Waals surface area (Å²) in [5, 5.41) is 0. The van der Waals surface area contributed by atoms with Crippen LogP contribution < -0.4 is 4.90 Å². The van der Waals surface area contributed by atoms with Gasteiger partial charge in [0.25, 0.3) is 5.91 Å². The SMILES string of the molecule is Cc1cc(C(=O)N2CCOCC2)nc(N2CCc3ccccc32)n1. The van der Waals surface area contributed by atoms with E-state index in [1.54, 1.807) is 11.0 Å². The monoisotopic (exact) mass is 324 g/mol. The maximum Gasteiger partial charge on any atom is 0.272 e. The first-order valence-electron chi connectivity index (χ1n) is 8.30. The van der Waals surface area contributed by atoms with Crippen LogP contribution in [0.3, 0.4) is 0 Å². The van der Waals surface area contributed by atoms with E-state index in [4.69, 9.17) is 4.74 Å². The van der Waals surface area contributed by atoms with Gasteiger partial charge in [-0.05, 0) is 31.0 Å². The summed E-state index contributed by atoms with van der Waals surface area (Å²) in [4.78, 5) is 25.8. The van der Waals surface area contributed by atoms with Gasteiger partial charge in [0.15, 0.2) is 0 Å². The van der Waals surface area contributed by atoms with E-state index in [1.165, 1.54) is 5.56 Å². The highest BCUT2D eigenvalue weighted by Crippen LogP contribution is 2.32. The van der Waals surface area contributed by atoms with Crippen LogP contribution in [0.25, 0.3) is 0 Å². The molecule has 2 aromatic rings. The summed E-state index contributed by atoms with van der Waals surface area (Å²) < 4.78 is 5.32. The molecule has 1 amide bonds. The Kier molecular flexibility index (Phi) is 3.90. The van der Waals surface area contributed by atoms with Gasteiger partial charge in [0.1, 0.15) is 5.69 Å². The van der Waals surface area contributed by atoms with Crippen LogP contribution in [-0.4, -0.2) is 53.6 Å². The predicted molar refractivity (Wildman–Crippen MR) is 90.6 cm³/mol. The first kappa shape index (κ1) is 15.1. The normalized spacial score (nSPS) is 17.0. The topological polar surface area (TPSA) is 58.6 Å². The van der Waals surface area contributed by atoms with Crippen LogP contribution in [0.1, 0.15) is 21.7 Å². The van der Waals surface area contributed by atoms with E-state index in [9.17, 15) is 4.79 Å². The van der Waals surface area contributed by atoms with Gasteiger partial charge in [0, 0.05) is 31.0 Å². The summed E-state index contributed by atoms with van der Waals surface area (Å²) >= 11 is 0. The summed E-state index contributed by atoms with van der Waals surface area (Å²) in [7, 11) is 0. The van der Waals surface area contributed by atoms with E-state index in [1.807, 2.05) is 19.1 Å². The van der Waals surface area contributed by atoms with Gasteiger partial charge in [-0.2, -0.15) is 0 Å². The van der Waals surface area contributed by atoms with Crippen LogP contribution in [0.4, 0.5) is 11.6 Å². The van der Waals surface area contributed by atoms with Crippen molar-refractivity contribution in [3.63, 3.8) is 0 Å². The van der Waals surface area contributed by atoms with Crippen molar-refractivity contribution in [2.75, 3.05) is 37.7 Å². The number of aryl methyl sites for hydroxylation is 1. The molecule has 1 fully saturated rings. The number of fused-ring (bicyclic) bond motifs is 1. The number of hydrogen-bond acceptors (Lipinski definition) is 5. The zero-order valence-electron chi connectivity index (χ0n) is 13.7. The van der Waals surface area contributed by atoms with Crippen molar-refractivity contribution in [3.05, 3.63) is 47.3 Å². The molecule has 124 valence electrons. The Morgan fingerprint density at radius 2 is 1.92 bits per heavy atom. The third-order valence-corrected chi connectivity index (χ3v) is 4.49. The van der Waals surface area contributed by atoms with Gasteiger partial charge in [0.2, 0.25) is 5.95 Å². The van der Waals surface area contributed by atoms with Gasteiger partial charge in [-0.1, -0.05) is 18.2 Å². The van der Waals surface area contributed by atoms with Crippen molar-refractivity contribution >= 4 is 17.5 Å². The molecule has 0 aliphatic carbocycles. The highest BCUT2D eigenvalue weighted by molar-refractivity contribution is 5.93. The molecule has 1 aromatic heterocycles. The molecule has 1 aromatic carbocycles. The molecule has 2 aliphatic rings. The molecule has 6 heteroatoms. The van der Waals surface area contributed by atoms with Crippen molar-refractivity contribution in [3.8, 4) is 0 Å². The molecule has 0 bridgehead atoms. The van der Waals surface area contributed by atoms with Gasteiger partial charge in [-0.25, -0.2) is 9.97 Å². The molecule has 0 unspecified atom stereocenters. The Hall–Kier alpha value is -2.47. The fourth-order valence-electron chi connectivity index (χ4n) is 3.26. The first-order valence-corrected chi connectivity index (χ1v) is 8.30. The van der Waals surface area contributed by atoms with Crippen molar-refractivity contribution in [1.29, 1.82) is 0 Å². The largest absolute Gasteiger partial charge is 0.378 e. The third kappa shape index (κ3) is 2.73. The maximum absolute atomic E-state index is 12.7. The lowest BCUT2D eigenvalue weighted by Crippen LogP contribution is -2.41. The van der Waals surface area contributed by atoms with Gasteiger partial charge >= 0.3 is 0 Å². The lowest BCUT2D eigenvalue weighted by Gasteiger charge is -2.27. The fourth-order valence-corrected chi connectivity index (χ4v) is 3.26. The maximum atomic E-state index is 12.7. The molecule has 0 spiro atoms. The molecule has 0 N–H and O–H groups in total. The smallest absolute Gasteiger partial charge is 0.272 e. The molecule has 4 rings (SSSR count). The van der Waals surface area contributed by atoms with Crippen LogP contribution in [0.5, 0.6) is 0 Å². The number of para-hydroxylation sites is 1. The number of nitrogens with zero attached hydrogens (tertiary/aromatic N) is 4. The molecule has 0 saturated carbocycles. The van der Waals surface area contributed by atoms with Gasteiger partial charge < -0.3 is 14.5 Å². The van der Waals surface area contributed by atoms with Gasteiger partial charge in [-0.3, -0.25) is 4.79 Å². The Labute approximate surface area is 141 Å². The van der Waals surface area contributed by atoms with E-state index >= 15 is 0 Å². The second-order valence-electron chi connectivity index (χ2n) is 6.13. The number of carbonyl (C=O) groups excluding carboxylic acids is 1. The average Bonchev–Trinajstić information content (AvgIpc) is 3.05. The van der Waals surface area contributed by atoms with Crippen LogP contribution in [-0.2, 0) is 11.2 Å². The number of anilines is 2. The average molecular weight is 324 g/mol. The van der Waals surface area contributed by atoms with Crippen molar-refractivity contribution in [2.24, 2.45) is 0 Å². The predicted octanol–water partition coefficient (Wildman–Crippen LogP) is 1.95. The number of morpholine rings is 1. The summed E-state index contributed by atoms with van der Waals surface area (Å²) in [5.74, 6) is 0.564. The third-order valence-electron chi connectivity index (χ3n) is 4.49. The number of carbonyl (C=O) groups is 1. The lowest BCUT2D eigenvalue weighted by molar-refractivity contribution is 0.0299. The molecule has 2 aliphatic heterocycles. The van der Waals surface area contributed by atoms with Crippen LogP contribution in [0.15, 0.2) is 30.3 Å². The number of amides is 1. The van der Waals surface area contributed by atoms with Crippen molar-refractivity contribution in [1.82, 2.24) is 14.9 Å². The molecular formula is C18H20N4O2. The van der Waals surface area contributed by atoms with E-state index in [-0.39, 0.29) is 5.91 Å². The zero-order chi connectivity index (χ0) is 16.5. The molecule has 3 heterocycles. The Morgan fingerprint density at radius 1 is 1.12 bits per heavy atom. The number of aromatic nitrogens is 2. The molecule has 24 heavy (non-hydrogen) atoms. The quantitative estimate of drug-likeness (QED) is 0.845. The number of hydrogen-bond donors (Lipinski definition) is 0. The minimum Gasteiger partial charge on any atom is -0.378 e. The lowest BCUT2D eigenvalue weighted by atomic mass is 10.2. The van der Waals surface area contributed by atoms with Gasteiger partial charge in [-0.15, -0.1) is 0 Å². The minimum absolute atomic E-state index is 0.0440. The molecule has 0 atom stereocenters.